The van der Waals surface area contributed by atoms with Gasteiger partial charge in [-0.05, 0) is 30.3 Å². The highest BCUT2D eigenvalue weighted by atomic mass is 35.5. The lowest BCUT2D eigenvalue weighted by Gasteiger charge is -2.18. The number of nitrogens with one attached hydrogen (secondary N) is 3. The van der Waals surface area contributed by atoms with E-state index in [1.165, 1.54) is 12.3 Å². The Kier molecular flexibility index (Phi) is 8.88. The van der Waals surface area contributed by atoms with Crippen LogP contribution in [0.15, 0.2) is 73.1 Å². The van der Waals surface area contributed by atoms with E-state index in [0.29, 0.717) is 75.7 Å². The van der Waals surface area contributed by atoms with Gasteiger partial charge in [0.05, 0.1) is 40.7 Å². The number of carbonyl (C=O) groups is 1. The summed E-state index contributed by atoms with van der Waals surface area (Å²) in [6.45, 7) is 1.37. The van der Waals surface area contributed by atoms with E-state index in [4.69, 9.17) is 31.7 Å². The quantitative estimate of drug-likeness (QED) is 0.118. The number of benzene rings is 2. The standard InChI is InChI=1S/C29H26ClN7O4/c30-22-12-19(6-7-25(22)41-28-5-1-2-9-33-28)36-29-18(15-31)16-34-23-14-26(40-20-8-11-39-17-20)24(13-21(23)29)37-27(38)4-3-10-35-32/h1-7,9,12-14,16,20,35H,8,10-11,17,32H2,(H,34,36)(H,37,38)/b4-3+. The number of halogens is 1. The van der Waals surface area contributed by atoms with Crippen molar-refractivity contribution < 1.29 is 19.0 Å². The second-order valence-electron chi connectivity index (χ2n) is 8.97. The number of ether oxygens (including phenoxy) is 3. The fourth-order valence-corrected chi connectivity index (χ4v) is 4.37. The summed E-state index contributed by atoms with van der Waals surface area (Å²) in [5.74, 6) is 6.18. The van der Waals surface area contributed by atoms with Crippen molar-refractivity contribution in [3.05, 3.63) is 83.7 Å². The molecular formula is C29H26ClN7O4. The van der Waals surface area contributed by atoms with Gasteiger partial charge in [0.1, 0.15) is 23.7 Å². The average molecular weight is 572 g/mol. The lowest BCUT2D eigenvalue weighted by atomic mass is 10.1. The van der Waals surface area contributed by atoms with Gasteiger partial charge in [0.25, 0.3) is 0 Å². The smallest absolute Gasteiger partial charge is 0.248 e. The largest absolute Gasteiger partial charge is 0.486 e. The third-order valence-corrected chi connectivity index (χ3v) is 6.38. The van der Waals surface area contributed by atoms with E-state index in [1.54, 1.807) is 54.7 Å². The number of hydrogen-bond acceptors (Lipinski definition) is 10. The minimum Gasteiger partial charge on any atom is -0.486 e. The first-order chi connectivity index (χ1) is 20.0. The Balaban J connectivity index is 1.50. The second-order valence-corrected chi connectivity index (χ2v) is 9.37. The number of amides is 1. The molecule has 0 bridgehead atoms. The van der Waals surface area contributed by atoms with E-state index in [0.717, 1.165) is 6.42 Å². The monoisotopic (exact) mass is 571 g/mol. The van der Waals surface area contributed by atoms with Crippen LogP contribution >= 0.6 is 11.6 Å². The van der Waals surface area contributed by atoms with Crippen LogP contribution in [0.25, 0.3) is 10.9 Å². The van der Waals surface area contributed by atoms with Crippen LogP contribution in [0.5, 0.6) is 17.4 Å². The summed E-state index contributed by atoms with van der Waals surface area (Å²) in [5.41, 5.74) is 4.83. The maximum Gasteiger partial charge on any atom is 0.248 e. The molecule has 12 heteroatoms. The Morgan fingerprint density at radius 2 is 2.12 bits per heavy atom. The molecule has 2 aromatic heterocycles. The molecule has 1 fully saturated rings. The van der Waals surface area contributed by atoms with Crippen molar-refractivity contribution >= 4 is 45.5 Å². The van der Waals surface area contributed by atoms with Gasteiger partial charge in [-0.1, -0.05) is 23.7 Å². The number of nitrogens with two attached hydrogens (primary N) is 1. The number of rotatable bonds is 10. The van der Waals surface area contributed by atoms with Crippen LogP contribution in [0.3, 0.4) is 0 Å². The summed E-state index contributed by atoms with van der Waals surface area (Å²) in [5, 5.41) is 17.0. The van der Waals surface area contributed by atoms with E-state index in [-0.39, 0.29) is 12.0 Å². The topological polar surface area (TPSA) is 156 Å². The van der Waals surface area contributed by atoms with Crippen molar-refractivity contribution in [2.75, 3.05) is 30.4 Å². The van der Waals surface area contributed by atoms with Crippen LogP contribution in [0, 0.1) is 11.3 Å². The zero-order valence-corrected chi connectivity index (χ0v) is 22.5. The Morgan fingerprint density at radius 1 is 1.22 bits per heavy atom. The second kappa shape index (κ2) is 13.1. The van der Waals surface area contributed by atoms with Gasteiger partial charge in [0.2, 0.25) is 11.8 Å². The molecule has 0 spiro atoms. The number of fused-ring (bicyclic) bond motifs is 1. The minimum absolute atomic E-state index is 0.162. The van der Waals surface area contributed by atoms with Crippen molar-refractivity contribution in [1.29, 1.82) is 5.26 Å². The molecule has 0 radical (unpaired) electrons. The number of aromatic nitrogens is 2. The van der Waals surface area contributed by atoms with Crippen LogP contribution in [-0.2, 0) is 9.53 Å². The molecule has 5 N–H and O–H groups in total. The minimum atomic E-state index is -0.374. The highest BCUT2D eigenvalue weighted by Gasteiger charge is 2.21. The van der Waals surface area contributed by atoms with Crippen LogP contribution in [0.1, 0.15) is 12.0 Å². The molecule has 5 rings (SSSR count). The third-order valence-electron chi connectivity index (χ3n) is 6.09. The van der Waals surface area contributed by atoms with Crippen LogP contribution in [-0.4, -0.2) is 41.7 Å². The highest BCUT2D eigenvalue weighted by molar-refractivity contribution is 6.32. The molecule has 1 atom stereocenters. The molecule has 1 aliphatic heterocycles. The Bertz CT molecular complexity index is 1620. The van der Waals surface area contributed by atoms with E-state index >= 15 is 0 Å². The molecule has 1 unspecified atom stereocenters. The van der Waals surface area contributed by atoms with Crippen molar-refractivity contribution in [3.8, 4) is 23.4 Å². The van der Waals surface area contributed by atoms with Gasteiger partial charge < -0.3 is 24.8 Å². The fraction of sp³-hybridized carbons (Fsp3) is 0.172. The number of pyridine rings is 2. The van der Waals surface area contributed by atoms with E-state index in [2.05, 4.69) is 32.1 Å². The first kappa shape index (κ1) is 27.8. The van der Waals surface area contributed by atoms with Crippen LogP contribution in [0.4, 0.5) is 17.1 Å². The lowest BCUT2D eigenvalue weighted by molar-refractivity contribution is -0.111. The maximum absolute atomic E-state index is 12.7. The molecule has 3 heterocycles. The normalized spacial score (nSPS) is 14.6. The van der Waals surface area contributed by atoms with E-state index < -0.39 is 0 Å². The molecule has 208 valence electrons. The van der Waals surface area contributed by atoms with Crippen molar-refractivity contribution in [2.24, 2.45) is 5.84 Å². The summed E-state index contributed by atoms with van der Waals surface area (Å²) >= 11 is 6.51. The highest BCUT2D eigenvalue weighted by Crippen LogP contribution is 2.38. The van der Waals surface area contributed by atoms with Crippen LogP contribution < -0.4 is 31.4 Å². The van der Waals surface area contributed by atoms with Gasteiger partial charge >= 0.3 is 0 Å². The molecule has 0 saturated carbocycles. The predicted molar refractivity (Wildman–Crippen MR) is 155 cm³/mol. The number of nitriles is 1. The molecule has 1 amide bonds. The average Bonchev–Trinajstić information content (AvgIpc) is 3.49. The number of carbonyl (C=O) groups excluding carboxylic acids is 1. The number of nitrogens with zero attached hydrogens (tertiary/aromatic N) is 3. The van der Waals surface area contributed by atoms with Crippen LogP contribution in [0.2, 0.25) is 5.02 Å². The SMILES string of the molecule is N#Cc1cnc2cc(OC3CCOC3)c(NC(=O)/C=C/CNN)cc2c1Nc1ccc(Oc2ccccn2)c(Cl)c1. The molecule has 1 aliphatic rings. The summed E-state index contributed by atoms with van der Waals surface area (Å²) < 4.78 is 17.4. The molecule has 41 heavy (non-hydrogen) atoms. The first-order valence-corrected chi connectivity index (χ1v) is 13.1. The van der Waals surface area contributed by atoms with Gasteiger partial charge in [0.15, 0.2) is 0 Å². The molecule has 4 aromatic rings. The van der Waals surface area contributed by atoms with Crippen molar-refractivity contribution in [2.45, 2.75) is 12.5 Å². The van der Waals surface area contributed by atoms with Gasteiger partial charge in [-0.15, -0.1) is 0 Å². The van der Waals surface area contributed by atoms with Gasteiger partial charge in [0, 0.05) is 54.6 Å². The van der Waals surface area contributed by atoms with Crippen molar-refractivity contribution in [1.82, 2.24) is 15.4 Å². The predicted octanol–water partition coefficient (Wildman–Crippen LogP) is 4.82. The van der Waals surface area contributed by atoms with E-state index in [1.807, 2.05) is 6.07 Å². The first-order valence-electron chi connectivity index (χ1n) is 12.7. The Labute approximate surface area is 240 Å². The maximum atomic E-state index is 12.7. The number of hydrazine groups is 1. The fourth-order valence-electron chi connectivity index (χ4n) is 4.15. The molecule has 0 aliphatic carbocycles. The summed E-state index contributed by atoms with van der Waals surface area (Å²) in [4.78, 5) is 21.3. The van der Waals surface area contributed by atoms with Crippen molar-refractivity contribution in [3.63, 3.8) is 0 Å². The summed E-state index contributed by atoms with van der Waals surface area (Å²) in [6, 6.07) is 16.1. The number of anilines is 3. The van der Waals surface area contributed by atoms with Gasteiger partial charge in [-0.3, -0.25) is 21.0 Å². The number of hydrogen-bond donors (Lipinski definition) is 4. The lowest BCUT2D eigenvalue weighted by Crippen LogP contribution is -2.22. The molecular weight excluding hydrogens is 546 g/mol. The molecule has 11 nitrogen and oxygen atoms in total. The van der Waals surface area contributed by atoms with E-state index in [9.17, 15) is 10.1 Å². The van der Waals surface area contributed by atoms with Gasteiger partial charge in [-0.2, -0.15) is 5.26 Å². The zero-order chi connectivity index (χ0) is 28.6. The summed E-state index contributed by atoms with van der Waals surface area (Å²) in [7, 11) is 0. The zero-order valence-electron chi connectivity index (χ0n) is 21.8. The summed E-state index contributed by atoms with van der Waals surface area (Å²) in [6.07, 6.45) is 6.63. The Morgan fingerprint density at radius 3 is 2.85 bits per heavy atom. The third kappa shape index (κ3) is 6.89. The van der Waals surface area contributed by atoms with Gasteiger partial charge in [-0.25, -0.2) is 4.98 Å². The molecule has 2 aromatic carbocycles. The molecule has 1 saturated heterocycles. The Hall–Kier alpha value is -4.73.